The zero-order valence-corrected chi connectivity index (χ0v) is 16.0. The number of hydrogen-bond donors (Lipinski definition) is 1. The van der Waals surface area contributed by atoms with Crippen LogP contribution in [0.25, 0.3) is 0 Å². The molecule has 1 amide bonds. The molecule has 138 valence electrons. The second-order valence-electron chi connectivity index (χ2n) is 7.22. The summed E-state index contributed by atoms with van der Waals surface area (Å²) >= 11 is 0. The van der Waals surface area contributed by atoms with Gasteiger partial charge in [0.15, 0.2) is 0 Å². The monoisotopic (exact) mass is 352 g/mol. The summed E-state index contributed by atoms with van der Waals surface area (Å²) in [5.41, 5.74) is 5.61. The van der Waals surface area contributed by atoms with E-state index in [9.17, 15) is 4.79 Å². The van der Waals surface area contributed by atoms with Crippen LogP contribution in [0.3, 0.4) is 0 Å². The smallest absolute Gasteiger partial charge is 0.238 e. The number of carbonyl (C=O) groups excluding carboxylic acids is 1. The maximum Gasteiger partial charge on any atom is 0.238 e. The molecule has 1 N–H and O–H groups in total. The molecule has 1 aromatic heterocycles. The lowest BCUT2D eigenvalue weighted by molar-refractivity contribution is -0.117. The first-order chi connectivity index (χ1) is 12.5. The van der Waals surface area contributed by atoms with Gasteiger partial charge in [-0.15, -0.1) is 0 Å². The summed E-state index contributed by atoms with van der Waals surface area (Å²) in [4.78, 5) is 21.4. The topological polar surface area (TPSA) is 48.5 Å². The number of aromatic nitrogens is 1. The van der Waals surface area contributed by atoms with Gasteiger partial charge in [0.2, 0.25) is 5.91 Å². The van der Waals surface area contributed by atoms with Crippen molar-refractivity contribution in [3.05, 3.63) is 58.9 Å². The predicted molar refractivity (Wildman–Crippen MR) is 105 cm³/mol. The summed E-state index contributed by atoms with van der Waals surface area (Å²) < 4.78 is 0. The average Bonchev–Trinajstić information content (AvgIpc) is 2.57. The summed E-state index contributed by atoms with van der Waals surface area (Å²) in [6.07, 6.45) is 1.84. The van der Waals surface area contributed by atoms with E-state index < -0.39 is 0 Å². The molecular weight excluding hydrogens is 324 g/mol. The van der Waals surface area contributed by atoms with Crippen molar-refractivity contribution in [1.82, 2.24) is 14.8 Å². The van der Waals surface area contributed by atoms with Crippen LogP contribution < -0.4 is 5.32 Å². The van der Waals surface area contributed by atoms with E-state index in [2.05, 4.69) is 39.2 Å². The molecule has 0 saturated carbocycles. The molecule has 1 fully saturated rings. The fourth-order valence-electron chi connectivity index (χ4n) is 3.48. The van der Waals surface area contributed by atoms with Crippen LogP contribution in [-0.2, 0) is 11.3 Å². The van der Waals surface area contributed by atoms with Crippen LogP contribution in [0.2, 0.25) is 0 Å². The van der Waals surface area contributed by atoms with E-state index in [1.54, 1.807) is 0 Å². The van der Waals surface area contributed by atoms with Gasteiger partial charge in [0.25, 0.3) is 0 Å². The standard InChI is InChI=1S/C21H28N4O/c1-16-11-17(2)13-20(12-16)23-21(26)15-25-9-7-24(8-10-25)14-19-5-4-6-22-18(19)3/h4-6,11-13H,7-10,14-15H2,1-3H3,(H,23,26). The van der Waals surface area contributed by atoms with Gasteiger partial charge < -0.3 is 5.32 Å². The van der Waals surface area contributed by atoms with Crippen molar-refractivity contribution in [2.24, 2.45) is 0 Å². The number of aryl methyl sites for hydroxylation is 3. The number of piperazine rings is 1. The van der Waals surface area contributed by atoms with Crippen molar-refractivity contribution >= 4 is 11.6 Å². The number of benzene rings is 1. The molecule has 2 heterocycles. The molecule has 1 aliphatic heterocycles. The van der Waals surface area contributed by atoms with E-state index in [4.69, 9.17) is 0 Å². The maximum absolute atomic E-state index is 12.3. The molecule has 26 heavy (non-hydrogen) atoms. The minimum Gasteiger partial charge on any atom is -0.325 e. The number of nitrogens with zero attached hydrogens (tertiary/aromatic N) is 3. The molecular formula is C21H28N4O. The van der Waals surface area contributed by atoms with Crippen molar-refractivity contribution < 1.29 is 4.79 Å². The van der Waals surface area contributed by atoms with Gasteiger partial charge in [-0.1, -0.05) is 12.1 Å². The Morgan fingerprint density at radius 1 is 1.04 bits per heavy atom. The van der Waals surface area contributed by atoms with Gasteiger partial charge in [0.1, 0.15) is 0 Å². The molecule has 0 radical (unpaired) electrons. The molecule has 3 rings (SSSR count). The zero-order valence-electron chi connectivity index (χ0n) is 16.0. The summed E-state index contributed by atoms with van der Waals surface area (Å²) in [7, 11) is 0. The van der Waals surface area contributed by atoms with E-state index in [1.807, 2.05) is 38.2 Å². The average molecular weight is 352 g/mol. The van der Waals surface area contributed by atoms with Crippen molar-refractivity contribution in [3.63, 3.8) is 0 Å². The van der Waals surface area contributed by atoms with Crippen LogP contribution in [0.5, 0.6) is 0 Å². The lowest BCUT2D eigenvalue weighted by atomic mass is 10.1. The van der Waals surface area contributed by atoms with Crippen molar-refractivity contribution in [3.8, 4) is 0 Å². The fourth-order valence-corrected chi connectivity index (χ4v) is 3.48. The van der Waals surface area contributed by atoms with E-state index in [0.717, 1.165) is 44.1 Å². The quantitative estimate of drug-likeness (QED) is 0.899. The van der Waals surface area contributed by atoms with Gasteiger partial charge in [-0.3, -0.25) is 19.6 Å². The predicted octanol–water partition coefficient (Wildman–Crippen LogP) is 2.76. The summed E-state index contributed by atoms with van der Waals surface area (Å²) in [5.74, 6) is 0.0616. The molecule has 5 heteroatoms. The van der Waals surface area contributed by atoms with Crippen molar-refractivity contribution in [2.75, 3.05) is 38.0 Å². The third-order valence-corrected chi connectivity index (χ3v) is 4.85. The van der Waals surface area contributed by atoms with Gasteiger partial charge in [0.05, 0.1) is 6.54 Å². The molecule has 0 spiro atoms. The Kier molecular flexibility index (Phi) is 6.01. The molecule has 1 saturated heterocycles. The molecule has 0 aliphatic carbocycles. The second-order valence-corrected chi connectivity index (χ2v) is 7.22. The zero-order chi connectivity index (χ0) is 18.5. The molecule has 5 nitrogen and oxygen atoms in total. The number of nitrogens with one attached hydrogen (secondary N) is 1. The maximum atomic E-state index is 12.3. The van der Waals surface area contributed by atoms with E-state index in [-0.39, 0.29) is 5.91 Å². The minimum atomic E-state index is 0.0616. The summed E-state index contributed by atoms with van der Waals surface area (Å²) in [6.45, 7) is 11.3. The van der Waals surface area contributed by atoms with Crippen LogP contribution in [-0.4, -0.2) is 53.4 Å². The van der Waals surface area contributed by atoms with Crippen LogP contribution in [0, 0.1) is 20.8 Å². The first kappa shape index (κ1) is 18.5. The SMILES string of the molecule is Cc1cc(C)cc(NC(=O)CN2CCN(Cc3cccnc3C)CC2)c1. The van der Waals surface area contributed by atoms with Crippen LogP contribution in [0.1, 0.15) is 22.4 Å². The first-order valence-electron chi connectivity index (χ1n) is 9.23. The Bertz CT molecular complexity index is 746. The fraction of sp³-hybridized carbons (Fsp3) is 0.429. The van der Waals surface area contributed by atoms with Gasteiger partial charge in [-0.2, -0.15) is 0 Å². The van der Waals surface area contributed by atoms with Crippen LogP contribution in [0.4, 0.5) is 5.69 Å². The van der Waals surface area contributed by atoms with Crippen LogP contribution in [0.15, 0.2) is 36.5 Å². The van der Waals surface area contributed by atoms with E-state index in [1.165, 1.54) is 16.7 Å². The first-order valence-corrected chi connectivity index (χ1v) is 9.23. The molecule has 2 aromatic rings. The Balaban J connectivity index is 1.46. The van der Waals surface area contributed by atoms with Gasteiger partial charge in [-0.25, -0.2) is 0 Å². The Labute approximate surface area is 156 Å². The number of anilines is 1. The molecule has 1 aliphatic rings. The lowest BCUT2D eigenvalue weighted by Gasteiger charge is -2.34. The van der Waals surface area contributed by atoms with Gasteiger partial charge >= 0.3 is 0 Å². The molecule has 0 atom stereocenters. The molecule has 0 bridgehead atoms. The van der Waals surface area contributed by atoms with Crippen LogP contribution >= 0.6 is 0 Å². The van der Waals surface area contributed by atoms with Gasteiger partial charge in [0, 0.05) is 50.3 Å². The number of carbonyl (C=O) groups is 1. The minimum absolute atomic E-state index is 0.0616. The molecule has 0 unspecified atom stereocenters. The highest BCUT2D eigenvalue weighted by atomic mass is 16.2. The Hall–Kier alpha value is -2.24. The van der Waals surface area contributed by atoms with E-state index >= 15 is 0 Å². The van der Waals surface area contributed by atoms with Crippen molar-refractivity contribution in [2.45, 2.75) is 27.3 Å². The highest BCUT2D eigenvalue weighted by Gasteiger charge is 2.19. The largest absolute Gasteiger partial charge is 0.325 e. The highest BCUT2D eigenvalue weighted by Crippen LogP contribution is 2.14. The number of hydrogen-bond acceptors (Lipinski definition) is 4. The lowest BCUT2D eigenvalue weighted by Crippen LogP contribution is -2.48. The summed E-state index contributed by atoms with van der Waals surface area (Å²) in [5, 5.41) is 3.03. The third kappa shape index (κ3) is 5.13. The highest BCUT2D eigenvalue weighted by molar-refractivity contribution is 5.92. The number of pyridine rings is 1. The number of rotatable bonds is 5. The Morgan fingerprint density at radius 2 is 1.69 bits per heavy atom. The Morgan fingerprint density at radius 3 is 2.35 bits per heavy atom. The van der Waals surface area contributed by atoms with E-state index in [0.29, 0.717) is 6.54 Å². The van der Waals surface area contributed by atoms with Gasteiger partial charge in [-0.05, 0) is 55.7 Å². The third-order valence-electron chi connectivity index (χ3n) is 4.85. The number of amides is 1. The molecule has 1 aromatic carbocycles. The normalized spacial score (nSPS) is 15.8. The van der Waals surface area contributed by atoms with Crippen molar-refractivity contribution in [1.29, 1.82) is 0 Å². The second kappa shape index (κ2) is 8.43. The summed E-state index contributed by atoms with van der Waals surface area (Å²) in [6, 6.07) is 10.3.